The summed E-state index contributed by atoms with van der Waals surface area (Å²) in [6.07, 6.45) is 23.6. The molecule has 3 nitrogen and oxygen atoms in total. The van der Waals surface area contributed by atoms with Crippen LogP contribution in [0.4, 0.5) is 0 Å². The maximum atomic E-state index is 9.70. The summed E-state index contributed by atoms with van der Waals surface area (Å²) in [7, 11) is 0. The molecule has 3 heteroatoms. The second-order valence-electron chi connectivity index (χ2n) is 6.67. The van der Waals surface area contributed by atoms with Gasteiger partial charge in [-0.25, -0.2) is 0 Å². The normalized spacial score (nSPS) is 17.0. The minimum atomic E-state index is 0.275. The Morgan fingerprint density at radius 3 is 2.72 bits per heavy atom. The molecule has 1 unspecified atom stereocenters. The summed E-state index contributed by atoms with van der Waals surface area (Å²) in [4.78, 5) is 0. The van der Waals surface area contributed by atoms with Crippen LogP contribution in [0.15, 0.2) is 96.5 Å². The van der Waals surface area contributed by atoms with Crippen LogP contribution in [0.5, 0.6) is 0 Å². The fourth-order valence-electron chi connectivity index (χ4n) is 2.83. The lowest BCUT2D eigenvalue weighted by molar-refractivity contribution is 0.777. The highest BCUT2D eigenvalue weighted by Crippen LogP contribution is 2.19. The van der Waals surface area contributed by atoms with E-state index >= 15 is 0 Å². The number of nitrogens with one attached hydrogen (secondary N) is 1. The molecule has 150 valence electrons. The van der Waals surface area contributed by atoms with E-state index in [2.05, 4.69) is 67.2 Å². The molecule has 0 amide bonds. The Hall–Kier alpha value is -3.34. The van der Waals surface area contributed by atoms with Gasteiger partial charge < -0.3 is 5.32 Å². The topological polar surface area (TPSA) is 49.9 Å². The fourth-order valence-corrected chi connectivity index (χ4v) is 2.83. The van der Waals surface area contributed by atoms with Crippen molar-refractivity contribution in [2.24, 2.45) is 5.92 Å². The van der Waals surface area contributed by atoms with Crippen LogP contribution >= 0.6 is 0 Å². The molecule has 1 rings (SSSR count). The first-order valence-electron chi connectivity index (χ1n) is 9.99. The maximum absolute atomic E-state index is 9.70. The first-order valence-corrected chi connectivity index (χ1v) is 9.99. The SMILES string of the molecule is C=CC/C=C\C(=[N+]=C)/C(C#N)=C(\C=C/C)/C=C/C1C=CC(NC(=C)CCC)=CC1. The molecule has 29 heavy (non-hydrogen) atoms. The lowest BCUT2D eigenvalue weighted by Gasteiger charge is -2.15. The lowest BCUT2D eigenvalue weighted by Crippen LogP contribution is -2.13. The molecule has 0 fully saturated rings. The average molecular weight is 387 g/mol. The Balaban J connectivity index is 2.99. The average Bonchev–Trinajstić information content (AvgIpc) is 2.72. The molecule has 0 heterocycles. The summed E-state index contributed by atoms with van der Waals surface area (Å²) in [5.74, 6) is 0.275. The van der Waals surface area contributed by atoms with Crippen LogP contribution in [0.1, 0.15) is 39.5 Å². The Labute approximate surface area is 176 Å². The standard InChI is InChI=1S/C26H32N3/c1-6-9-10-13-26(28-5)25(20-27)23(12-8-3)17-14-22-15-18-24(19-16-22)29-21(4)11-7-2/h6,8,10,12-15,17-19,22,29H,1,4-5,7,9,11,16H2,2-3H3/q+1/b12-8-,13-10-,17-14+,25-23+. The van der Waals surface area contributed by atoms with Crippen LogP contribution < -0.4 is 9.98 Å². The minimum Gasteiger partial charge on any atom is -0.360 e. The van der Waals surface area contributed by atoms with Gasteiger partial charge in [-0.05, 0) is 43.8 Å². The van der Waals surface area contributed by atoms with E-state index in [0.717, 1.165) is 36.2 Å². The van der Waals surface area contributed by atoms with Gasteiger partial charge >= 0.3 is 5.71 Å². The van der Waals surface area contributed by atoms with Gasteiger partial charge in [0.15, 0.2) is 0 Å². The predicted molar refractivity (Wildman–Crippen MR) is 127 cm³/mol. The molecule has 0 aromatic heterocycles. The number of hydrogen-bond acceptors (Lipinski definition) is 2. The van der Waals surface area contributed by atoms with Crippen molar-refractivity contribution in [3.63, 3.8) is 0 Å². The molecule has 0 aromatic carbocycles. The van der Waals surface area contributed by atoms with Gasteiger partial charge in [0.25, 0.3) is 6.72 Å². The molecule has 0 spiro atoms. The van der Waals surface area contributed by atoms with Crippen LogP contribution in [0.25, 0.3) is 0 Å². The first kappa shape index (κ1) is 23.7. The predicted octanol–water partition coefficient (Wildman–Crippen LogP) is 5.64. The van der Waals surface area contributed by atoms with Gasteiger partial charge in [-0.1, -0.05) is 73.2 Å². The molecule has 1 aliphatic rings. The lowest BCUT2D eigenvalue weighted by atomic mass is 9.96. The summed E-state index contributed by atoms with van der Waals surface area (Å²) >= 11 is 0. The summed E-state index contributed by atoms with van der Waals surface area (Å²) in [5.41, 5.74) is 4.02. The molecule has 0 aromatic rings. The second kappa shape index (κ2) is 13.8. The van der Waals surface area contributed by atoms with Crippen molar-refractivity contribution < 1.29 is 0 Å². The van der Waals surface area contributed by atoms with E-state index in [9.17, 15) is 5.26 Å². The second-order valence-corrected chi connectivity index (χ2v) is 6.67. The quantitative estimate of drug-likeness (QED) is 0.164. The number of nitriles is 1. The molecule has 0 saturated heterocycles. The molecule has 0 radical (unpaired) electrons. The van der Waals surface area contributed by atoms with Crippen molar-refractivity contribution in [2.75, 3.05) is 0 Å². The van der Waals surface area contributed by atoms with Crippen molar-refractivity contribution in [3.05, 3.63) is 96.5 Å². The molecule has 1 aliphatic carbocycles. The smallest absolute Gasteiger partial charge is 0.344 e. The molecule has 1 N–H and O–H groups in total. The van der Waals surface area contributed by atoms with Crippen molar-refractivity contribution >= 4 is 12.4 Å². The van der Waals surface area contributed by atoms with E-state index < -0.39 is 0 Å². The van der Waals surface area contributed by atoms with Gasteiger partial charge in [-0.3, -0.25) is 0 Å². The molecular weight excluding hydrogens is 354 g/mol. The highest BCUT2D eigenvalue weighted by molar-refractivity contribution is 6.11. The Morgan fingerprint density at radius 1 is 1.38 bits per heavy atom. The Kier molecular flexibility index (Phi) is 11.3. The van der Waals surface area contributed by atoms with E-state index in [1.54, 1.807) is 6.08 Å². The third kappa shape index (κ3) is 8.47. The third-order valence-corrected chi connectivity index (χ3v) is 4.28. The zero-order chi connectivity index (χ0) is 21.5. The number of rotatable bonds is 11. The van der Waals surface area contributed by atoms with Crippen LogP contribution in [0.3, 0.4) is 0 Å². The number of allylic oxidation sites excluding steroid dienone is 13. The summed E-state index contributed by atoms with van der Waals surface area (Å²) in [5, 5.41) is 13.1. The molecule has 0 saturated carbocycles. The largest absolute Gasteiger partial charge is 0.360 e. The van der Waals surface area contributed by atoms with Gasteiger partial charge in [-0.15, -0.1) is 6.58 Å². The van der Waals surface area contributed by atoms with Crippen molar-refractivity contribution in [1.29, 1.82) is 5.26 Å². The monoisotopic (exact) mass is 386 g/mol. The van der Waals surface area contributed by atoms with Crippen LogP contribution in [-0.4, -0.2) is 12.4 Å². The van der Waals surface area contributed by atoms with Gasteiger partial charge in [0, 0.05) is 17.5 Å². The van der Waals surface area contributed by atoms with E-state index in [0.29, 0.717) is 17.7 Å². The fraction of sp³-hybridized carbons (Fsp3) is 0.269. The molecular formula is C26H32N3+. The van der Waals surface area contributed by atoms with Crippen LogP contribution in [-0.2, 0) is 0 Å². The van der Waals surface area contributed by atoms with Crippen LogP contribution in [0, 0.1) is 17.2 Å². The summed E-state index contributed by atoms with van der Waals surface area (Å²) < 4.78 is 4.04. The maximum Gasteiger partial charge on any atom is 0.344 e. The zero-order valence-electron chi connectivity index (χ0n) is 17.7. The highest BCUT2D eigenvalue weighted by Gasteiger charge is 2.16. The molecule has 1 atom stereocenters. The first-order chi connectivity index (χ1) is 14.1. The van der Waals surface area contributed by atoms with Crippen molar-refractivity contribution in [1.82, 2.24) is 9.98 Å². The van der Waals surface area contributed by atoms with Gasteiger partial charge in [-0.2, -0.15) is 5.26 Å². The van der Waals surface area contributed by atoms with Crippen LogP contribution in [0.2, 0.25) is 0 Å². The zero-order valence-corrected chi connectivity index (χ0v) is 17.7. The third-order valence-electron chi connectivity index (χ3n) is 4.28. The van der Waals surface area contributed by atoms with E-state index in [1.807, 2.05) is 37.3 Å². The summed E-state index contributed by atoms with van der Waals surface area (Å²) in [6, 6.07) is 2.27. The minimum absolute atomic E-state index is 0.275. The van der Waals surface area contributed by atoms with E-state index in [1.165, 1.54) is 0 Å². The van der Waals surface area contributed by atoms with E-state index in [-0.39, 0.29) is 5.92 Å². The molecule has 0 aliphatic heterocycles. The van der Waals surface area contributed by atoms with E-state index in [4.69, 9.17) is 0 Å². The molecule has 0 bridgehead atoms. The number of hydrogen-bond donors (Lipinski definition) is 1. The van der Waals surface area contributed by atoms with Gasteiger partial charge in [0.05, 0.1) is 0 Å². The highest BCUT2D eigenvalue weighted by atomic mass is 14.9. The number of nitrogens with zero attached hydrogens (tertiary/aromatic N) is 2. The van der Waals surface area contributed by atoms with Gasteiger partial charge in [0.2, 0.25) is 0 Å². The Morgan fingerprint density at radius 2 is 2.17 bits per heavy atom. The van der Waals surface area contributed by atoms with Crippen molar-refractivity contribution in [2.45, 2.75) is 39.5 Å². The van der Waals surface area contributed by atoms with Crippen molar-refractivity contribution in [3.8, 4) is 6.07 Å². The summed E-state index contributed by atoms with van der Waals surface area (Å²) in [6.45, 7) is 15.4. The Bertz CT molecular complexity index is 860. The van der Waals surface area contributed by atoms with Gasteiger partial charge in [0.1, 0.15) is 11.6 Å².